The van der Waals surface area contributed by atoms with Gasteiger partial charge in [0.15, 0.2) is 0 Å². The summed E-state index contributed by atoms with van der Waals surface area (Å²) >= 11 is 0. The molecule has 7 aromatic heterocycles. The zero-order valence-corrected chi connectivity index (χ0v) is 24.8. The molecule has 3 N–H and O–H groups in total. The zero-order chi connectivity index (χ0) is 31.0. The molecule has 7 aromatic rings. The van der Waals surface area contributed by atoms with Gasteiger partial charge in [-0.2, -0.15) is 5.10 Å². The summed E-state index contributed by atoms with van der Waals surface area (Å²) < 4.78 is 0. The van der Waals surface area contributed by atoms with E-state index in [0.717, 1.165) is 75.5 Å². The number of aromatic nitrogens is 8. The van der Waals surface area contributed by atoms with Crippen molar-refractivity contribution >= 4 is 5.71 Å². The zero-order valence-electron chi connectivity index (χ0n) is 24.8. The van der Waals surface area contributed by atoms with Crippen LogP contribution in [0, 0.1) is 0 Å². The maximum Gasteiger partial charge on any atom is 0.111 e. The molecule has 0 bridgehead atoms. The fourth-order valence-corrected chi connectivity index (χ4v) is 5.13. The Hall–Kier alpha value is -6.29. The molecule has 0 aromatic carbocycles. The average molecular weight is 603 g/mol. The van der Waals surface area contributed by atoms with Crippen molar-refractivity contribution in [3.05, 3.63) is 145 Å². The summed E-state index contributed by atoms with van der Waals surface area (Å²) in [4.78, 5) is 24.1. The molecule has 1 atom stereocenters. The van der Waals surface area contributed by atoms with Crippen LogP contribution in [0.2, 0.25) is 0 Å². The standard InChI is InChI=1S/C18H17N5.C18H13N5/c2*1-3-11-19-13(5-1)15-7-8-16(21-15)18-10-9-17(22-23-18)14-6-2-4-12-20-14/h1-8,11-12,18,21,23H,9-10H2;1-12,21H. The number of aromatic amines is 2. The molecule has 0 fully saturated rings. The Morgan fingerprint density at radius 3 is 1.52 bits per heavy atom. The van der Waals surface area contributed by atoms with Crippen molar-refractivity contribution in [2.45, 2.75) is 18.9 Å². The number of H-pyrrole nitrogens is 2. The van der Waals surface area contributed by atoms with Gasteiger partial charge in [0.1, 0.15) is 11.4 Å². The highest BCUT2D eigenvalue weighted by molar-refractivity contribution is 5.99. The number of hydrogen-bond acceptors (Lipinski definition) is 8. The molecule has 0 saturated carbocycles. The number of nitrogens with zero attached hydrogens (tertiary/aromatic N) is 7. The molecule has 1 unspecified atom stereocenters. The molecule has 0 amide bonds. The van der Waals surface area contributed by atoms with Gasteiger partial charge in [-0.1, -0.05) is 24.3 Å². The number of hydrogen-bond donors (Lipinski definition) is 3. The Morgan fingerprint density at radius 2 is 0.978 bits per heavy atom. The third kappa shape index (κ3) is 6.61. The summed E-state index contributed by atoms with van der Waals surface area (Å²) in [6.07, 6.45) is 9.02. The van der Waals surface area contributed by atoms with Crippen LogP contribution in [0.5, 0.6) is 0 Å². The molecular weight excluding hydrogens is 572 g/mol. The predicted octanol–water partition coefficient (Wildman–Crippen LogP) is 6.90. The van der Waals surface area contributed by atoms with Crippen molar-refractivity contribution in [2.24, 2.45) is 5.10 Å². The number of hydrazone groups is 1. The minimum Gasteiger partial charge on any atom is -0.355 e. The van der Waals surface area contributed by atoms with Crippen molar-refractivity contribution in [1.82, 2.24) is 45.5 Å². The molecule has 10 nitrogen and oxygen atoms in total. The van der Waals surface area contributed by atoms with Crippen LogP contribution in [0.3, 0.4) is 0 Å². The number of nitrogens with one attached hydrogen (secondary N) is 3. The molecule has 1 aliphatic heterocycles. The summed E-state index contributed by atoms with van der Waals surface area (Å²) in [7, 11) is 0. The van der Waals surface area contributed by atoms with E-state index in [1.165, 1.54) is 0 Å². The molecule has 8 heterocycles. The van der Waals surface area contributed by atoms with Gasteiger partial charge in [-0.05, 0) is 97.8 Å². The van der Waals surface area contributed by atoms with Crippen LogP contribution in [-0.4, -0.2) is 45.8 Å². The lowest BCUT2D eigenvalue weighted by atomic mass is 10.0. The molecule has 0 aliphatic carbocycles. The first-order chi connectivity index (χ1) is 22.8. The number of rotatable bonds is 6. The fourth-order valence-electron chi connectivity index (χ4n) is 5.13. The van der Waals surface area contributed by atoms with Crippen LogP contribution in [0.1, 0.15) is 30.3 Å². The van der Waals surface area contributed by atoms with E-state index in [-0.39, 0.29) is 6.04 Å². The van der Waals surface area contributed by atoms with Gasteiger partial charge >= 0.3 is 0 Å². The highest BCUT2D eigenvalue weighted by Crippen LogP contribution is 2.26. The van der Waals surface area contributed by atoms with Gasteiger partial charge < -0.3 is 15.4 Å². The molecule has 8 rings (SSSR count). The van der Waals surface area contributed by atoms with Crippen LogP contribution >= 0.6 is 0 Å². The normalized spacial score (nSPS) is 14.0. The Labute approximate surface area is 265 Å². The van der Waals surface area contributed by atoms with Gasteiger partial charge in [0.05, 0.1) is 51.6 Å². The van der Waals surface area contributed by atoms with E-state index in [2.05, 4.69) is 62.8 Å². The minimum atomic E-state index is 0.194. The molecule has 0 radical (unpaired) electrons. The second kappa shape index (κ2) is 13.6. The van der Waals surface area contributed by atoms with Crippen molar-refractivity contribution in [3.63, 3.8) is 0 Å². The molecule has 0 spiro atoms. The van der Waals surface area contributed by atoms with Crippen LogP contribution in [0.15, 0.2) is 139 Å². The predicted molar refractivity (Wildman–Crippen MR) is 178 cm³/mol. The Morgan fingerprint density at radius 1 is 0.457 bits per heavy atom. The van der Waals surface area contributed by atoms with E-state index in [4.69, 9.17) is 0 Å². The van der Waals surface area contributed by atoms with E-state index < -0.39 is 0 Å². The largest absolute Gasteiger partial charge is 0.355 e. The molecule has 224 valence electrons. The van der Waals surface area contributed by atoms with Gasteiger partial charge in [0.25, 0.3) is 0 Å². The highest BCUT2D eigenvalue weighted by atomic mass is 15.3. The second-order valence-electron chi connectivity index (χ2n) is 10.6. The first kappa shape index (κ1) is 28.5. The molecule has 10 heteroatoms. The number of pyridine rings is 4. The fraction of sp³-hybridized carbons (Fsp3) is 0.0833. The van der Waals surface area contributed by atoms with E-state index >= 15 is 0 Å². The van der Waals surface area contributed by atoms with Crippen LogP contribution < -0.4 is 5.43 Å². The van der Waals surface area contributed by atoms with E-state index in [1.807, 2.05) is 97.1 Å². The van der Waals surface area contributed by atoms with Crippen LogP contribution in [0.4, 0.5) is 0 Å². The van der Waals surface area contributed by atoms with Crippen molar-refractivity contribution in [3.8, 4) is 45.6 Å². The first-order valence-electron chi connectivity index (χ1n) is 15.0. The maximum atomic E-state index is 4.51. The molecule has 46 heavy (non-hydrogen) atoms. The summed E-state index contributed by atoms with van der Waals surface area (Å²) in [6, 6.07) is 35.6. The maximum absolute atomic E-state index is 4.51. The van der Waals surface area contributed by atoms with Crippen molar-refractivity contribution in [1.29, 1.82) is 0 Å². The Bertz CT molecular complexity index is 2000. The van der Waals surface area contributed by atoms with Crippen molar-refractivity contribution < 1.29 is 0 Å². The molecular formula is C36H30N10. The summed E-state index contributed by atoms with van der Waals surface area (Å²) in [5, 5.41) is 13.1. The second-order valence-corrected chi connectivity index (χ2v) is 10.6. The average Bonchev–Trinajstić information content (AvgIpc) is 3.85. The Balaban J connectivity index is 0.000000147. The van der Waals surface area contributed by atoms with Gasteiger partial charge in [-0.15, -0.1) is 10.2 Å². The highest BCUT2D eigenvalue weighted by Gasteiger charge is 2.20. The summed E-state index contributed by atoms with van der Waals surface area (Å²) in [5.41, 5.74) is 13.4. The molecule has 0 saturated heterocycles. The van der Waals surface area contributed by atoms with E-state index in [9.17, 15) is 0 Å². The lowest BCUT2D eigenvalue weighted by molar-refractivity contribution is 0.495. The third-order valence-corrected chi connectivity index (χ3v) is 7.51. The van der Waals surface area contributed by atoms with Gasteiger partial charge in [0, 0.05) is 30.5 Å². The summed E-state index contributed by atoms with van der Waals surface area (Å²) in [6.45, 7) is 0. The topological polar surface area (TPSA) is 133 Å². The van der Waals surface area contributed by atoms with Gasteiger partial charge in [-0.25, -0.2) is 0 Å². The smallest absolute Gasteiger partial charge is 0.111 e. The lowest BCUT2D eigenvalue weighted by Crippen LogP contribution is -2.25. The minimum absolute atomic E-state index is 0.194. The quantitative estimate of drug-likeness (QED) is 0.189. The van der Waals surface area contributed by atoms with E-state index in [0.29, 0.717) is 0 Å². The first-order valence-corrected chi connectivity index (χ1v) is 15.0. The third-order valence-electron chi connectivity index (χ3n) is 7.51. The van der Waals surface area contributed by atoms with E-state index in [1.54, 1.807) is 24.8 Å². The molecule has 1 aliphatic rings. The van der Waals surface area contributed by atoms with Gasteiger partial charge in [-0.3, -0.25) is 19.9 Å². The monoisotopic (exact) mass is 602 g/mol. The Kier molecular flexibility index (Phi) is 8.40. The lowest BCUT2D eigenvalue weighted by Gasteiger charge is -2.21. The van der Waals surface area contributed by atoms with Crippen LogP contribution in [0.25, 0.3) is 45.6 Å². The summed E-state index contributed by atoms with van der Waals surface area (Å²) in [5.74, 6) is 0. The van der Waals surface area contributed by atoms with Crippen LogP contribution in [-0.2, 0) is 0 Å². The SMILES string of the molecule is c1ccc(-c2ccc(-c3ccc(-c4ccccn4)[nH]3)nn2)nc1.c1ccc(C2=NNC(c3ccc(-c4ccccn4)[nH]3)CC2)nc1. The van der Waals surface area contributed by atoms with Crippen molar-refractivity contribution in [2.75, 3.05) is 0 Å². The van der Waals surface area contributed by atoms with Gasteiger partial charge in [0.2, 0.25) is 0 Å².